The zero-order valence-corrected chi connectivity index (χ0v) is 46.3. The molecule has 0 fully saturated rings. The fourth-order valence-corrected chi connectivity index (χ4v) is 4.19. The van der Waals surface area contributed by atoms with Crippen LogP contribution in [0.5, 0.6) is 0 Å². The van der Waals surface area contributed by atoms with Crippen LogP contribution < -0.4 is 0 Å². The van der Waals surface area contributed by atoms with Gasteiger partial charge < -0.3 is 23.3 Å². The van der Waals surface area contributed by atoms with Gasteiger partial charge in [0.1, 0.15) is 42.5 Å². The van der Waals surface area contributed by atoms with Gasteiger partial charge in [0.25, 0.3) is 0 Å². The van der Waals surface area contributed by atoms with Crippen molar-refractivity contribution >= 4 is 34.2 Å². The number of oxazole rings is 1. The molecule has 0 saturated carbocycles. The third-order valence-electron chi connectivity index (χ3n) is 6.20. The van der Waals surface area contributed by atoms with Gasteiger partial charge in [0.15, 0.2) is 12.7 Å². The summed E-state index contributed by atoms with van der Waals surface area (Å²) in [6, 6.07) is 20.5. The maximum atomic E-state index is 4.47. The summed E-state index contributed by atoms with van der Waals surface area (Å²) in [7, 11) is 0. The van der Waals surface area contributed by atoms with Crippen LogP contribution in [-0.2, 0) is 0 Å². The van der Waals surface area contributed by atoms with Gasteiger partial charge in [-0.3, -0.25) is 30.1 Å². The van der Waals surface area contributed by atoms with Crippen molar-refractivity contribution in [3.8, 4) is 0 Å². The van der Waals surface area contributed by atoms with E-state index in [2.05, 4.69) is 165 Å². The monoisotopic (exact) mass is 1190 g/mol. The van der Waals surface area contributed by atoms with E-state index in [0.717, 1.165) is 0 Å². The number of aromatic nitrogens is 30. The standard InChI is InChI=1S/C5H5N.3C4H4N2.C4H5N.2C3H4N2.2C3H3NO.2C3H3NS.2C2H3N3.C2H2N2O.C2H2N2S.CH2N4/c1-2-4-6-5-3-1;1-2-6-4-3-5-1;1-2-5-4-6-3-1;1-2-4-6-5-3-1;1-2-4-5-3-1;1-2-5-3-4-1;1-2-4-5-3-1;1-2-5-3-4-1;1-2-4-5-3-1;1-2-5-3-4-1;1-2-4-5-3-1;1-3-2-5-4-1;1-2-4-5-3-1;2*1-3-4-2-5-1;1-2-4-5-3-1/h1-5H;3*1-4H;1-5H;2*1-3H,(H,4,5);4*1-3H;2*1-2H,(H,3,4,5);2*1-2H;1H,(H,2,3,4,5). The Bertz CT molecular complexity index is 2150. The topological polar surface area (TPSA) is 444 Å². The molecule has 0 saturated heterocycles. The predicted octanol–water partition coefficient (Wildman–Crippen LogP) is 7.40. The number of hydrogen-bond acceptors (Lipinski definition) is 30. The molecule has 16 aromatic heterocycles. The molecule has 33 nitrogen and oxygen atoms in total. The summed E-state index contributed by atoms with van der Waals surface area (Å²) in [4.78, 5) is 38.7. The first-order valence-corrected chi connectivity index (χ1v) is 25.6. The van der Waals surface area contributed by atoms with Crippen molar-refractivity contribution in [1.82, 2.24) is 151 Å². The van der Waals surface area contributed by atoms with E-state index < -0.39 is 0 Å². The minimum Gasteiger partial charge on any atom is -0.452 e. The molecule has 0 aliphatic carbocycles. The van der Waals surface area contributed by atoms with Crippen LogP contribution in [0.15, 0.2) is 307 Å². The Morgan fingerprint density at radius 1 is 0.321 bits per heavy atom. The minimum atomic E-state index is 1.26. The van der Waals surface area contributed by atoms with Crippen molar-refractivity contribution in [1.29, 1.82) is 0 Å². The summed E-state index contributed by atoms with van der Waals surface area (Å²) in [6.45, 7) is 0. The Morgan fingerprint density at radius 3 is 1.25 bits per heavy atom. The van der Waals surface area contributed by atoms with Gasteiger partial charge in [0.05, 0.1) is 36.6 Å². The van der Waals surface area contributed by atoms with Crippen LogP contribution in [0.4, 0.5) is 0 Å². The lowest BCUT2D eigenvalue weighted by Gasteiger charge is -1.70. The molecule has 0 amide bonds. The number of rotatable bonds is 0. The van der Waals surface area contributed by atoms with Gasteiger partial charge in [-0.15, -0.1) is 53.3 Å². The summed E-state index contributed by atoms with van der Waals surface area (Å²) in [5, 5.41) is 61.6. The van der Waals surface area contributed by atoms with Crippen LogP contribution in [0.3, 0.4) is 0 Å². The molecule has 16 aromatic rings. The first kappa shape index (κ1) is 69.8. The Kier molecular flexibility index (Phi) is 55.6. The SMILES string of the molecule is c1c[nH]cn1.c1cc[nH]c1.c1ccncc1.c1ccnnc1.c1cn[nH]c1.c1cn[nH]n1.c1cnccn1.c1cncnc1.c1cnoc1.c1cnsc1.c1cocn1.c1cscn1.c1nc[nH]n1.c1nn[nH]n1.c1nnco1.c1nncs1. The zero-order valence-electron chi connectivity index (χ0n) is 43.9. The molecule has 16 rings (SSSR count). The average Bonchev–Trinajstić information content (AvgIpc) is 4.42. The molecule has 16 heterocycles. The molecular weight excluding hydrogens is 1140 g/mol. The highest BCUT2D eigenvalue weighted by molar-refractivity contribution is 7.07. The first-order chi connectivity index (χ1) is 42.0. The van der Waals surface area contributed by atoms with Crippen molar-refractivity contribution in [2.24, 2.45) is 0 Å². The van der Waals surface area contributed by atoms with Gasteiger partial charge in [0.2, 0.25) is 12.8 Å². The van der Waals surface area contributed by atoms with Crippen molar-refractivity contribution in [2.75, 3.05) is 0 Å². The number of hydrogen-bond donors (Lipinski definition) is 6. The molecule has 0 radical (unpaired) electrons. The number of aromatic amines is 6. The van der Waals surface area contributed by atoms with Crippen LogP contribution >= 0.6 is 34.2 Å². The van der Waals surface area contributed by atoms with Crippen LogP contribution in [0.1, 0.15) is 0 Å². The quantitative estimate of drug-likeness (QED) is 0.0861. The van der Waals surface area contributed by atoms with Crippen LogP contribution in [-0.4, -0.2) is 151 Å². The van der Waals surface area contributed by atoms with Gasteiger partial charge in [-0.1, -0.05) is 16.4 Å². The third-order valence-corrected chi connectivity index (χ3v) is 7.68. The molecule has 0 aromatic carbocycles. The van der Waals surface area contributed by atoms with Crippen molar-refractivity contribution in [3.05, 3.63) is 294 Å². The van der Waals surface area contributed by atoms with Gasteiger partial charge >= 0.3 is 0 Å². The highest BCUT2D eigenvalue weighted by Crippen LogP contribution is 1.86. The van der Waals surface area contributed by atoms with E-state index in [-0.39, 0.29) is 0 Å². The van der Waals surface area contributed by atoms with E-state index in [1.165, 1.54) is 79.9 Å². The maximum Gasteiger partial charge on any atom is 0.203 e. The molecule has 0 bridgehead atoms. The summed E-state index contributed by atoms with van der Waals surface area (Å²) >= 11 is 4.56. The van der Waals surface area contributed by atoms with E-state index in [1.807, 2.05) is 77.8 Å². The molecule has 0 atom stereocenters. The highest BCUT2D eigenvalue weighted by atomic mass is 32.1. The molecule has 0 aliphatic rings. The smallest absolute Gasteiger partial charge is 0.203 e. The Hall–Kier alpha value is -12.2. The number of tetrazole rings is 1. The van der Waals surface area contributed by atoms with Crippen LogP contribution in [0, 0.1) is 0 Å². The number of nitrogens with zero attached hydrogens (tertiary/aromatic N) is 24. The Balaban J connectivity index is 0.000000448. The van der Waals surface area contributed by atoms with E-state index in [4.69, 9.17) is 0 Å². The first-order valence-electron chi connectivity index (χ1n) is 22.9. The highest BCUT2D eigenvalue weighted by Gasteiger charge is 1.66. The lowest BCUT2D eigenvalue weighted by atomic mass is 10.5. The molecular formula is C48H54N30O3S3. The normalized spacial score (nSPS) is 8.00. The molecule has 0 unspecified atom stereocenters. The Labute approximate surface area is 490 Å². The van der Waals surface area contributed by atoms with E-state index in [1.54, 1.807) is 170 Å². The van der Waals surface area contributed by atoms with E-state index in [0.29, 0.717) is 0 Å². The maximum absolute atomic E-state index is 4.47. The molecule has 36 heteroatoms. The lowest BCUT2D eigenvalue weighted by molar-refractivity contribution is 0.420. The van der Waals surface area contributed by atoms with Crippen molar-refractivity contribution in [3.63, 3.8) is 0 Å². The van der Waals surface area contributed by atoms with Crippen molar-refractivity contribution in [2.45, 2.75) is 0 Å². The zero-order chi connectivity index (χ0) is 59.4. The summed E-state index contributed by atoms with van der Waals surface area (Å²) in [5.74, 6) is 0. The summed E-state index contributed by atoms with van der Waals surface area (Å²) in [6.07, 6.45) is 51.6. The largest absolute Gasteiger partial charge is 0.452 e. The predicted molar refractivity (Wildman–Crippen MR) is 307 cm³/mol. The number of pyridine rings is 1. The molecule has 432 valence electrons. The van der Waals surface area contributed by atoms with Crippen LogP contribution in [0.25, 0.3) is 0 Å². The van der Waals surface area contributed by atoms with Gasteiger partial charge in [-0.05, 0) is 72.2 Å². The second-order valence-corrected chi connectivity index (χ2v) is 14.0. The summed E-state index contributed by atoms with van der Waals surface area (Å²) < 4.78 is 16.9. The molecule has 0 spiro atoms. The molecule has 0 aliphatic heterocycles. The fourth-order valence-electron chi connectivity index (χ4n) is 3.22. The number of thiazole rings is 1. The average molecular weight is 1200 g/mol. The molecule has 84 heavy (non-hydrogen) atoms. The number of nitrogens with one attached hydrogen (secondary N) is 6. The second-order valence-electron chi connectivity index (χ2n) is 11.9. The minimum absolute atomic E-state index is 1.26. The van der Waals surface area contributed by atoms with Crippen LogP contribution in [0.2, 0.25) is 0 Å². The number of imidazole rings is 1. The number of H-pyrrole nitrogens is 6. The Morgan fingerprint density at radius 2 is 1.06 bits per heavy atom. The van der Waals surface area contributed by atoms with Gasteiger partial charge in [-0.25, -0.2) is 29.3 Å². The fraction of sp³-hybridized carbons (Fsp3) is 0. The van der Waals surface area contributed by atoms with Gasteiger partial charge in [0, 0.05) is 122 Å². The molecule has 6 N–H and O–H groups in total. The second kappa shape index (κ2) is 66.9. The van der Waals surface area contributed by atoms with Crippen molar-refractivity contribution < 1.29 is 13.4 Å². The third kappa shape index (κ3) is 64.1. The van der Waals surface area contributed by atoms with Gasteiger partial charge in [-0.2, -0.15) is 41.0 Å². The summed E-state index contributed by atoms with van der Waals surface area (Å²) in [5.41, 5.74) is 5.15. The van der Waals surface area contributed by atoms with E-state index in [9.17, 15) is 0 Å². The lowest BCUT2D eigenvalue weighted by Crippen LogP contribution is -1.69. The van der Waals surface area contributed by atoms with E-state index >= 15 is 0 Å².